The first kappa shape index (κ1) is 12.5. The van der Waals surface area contributed by atoms with E-state index < -0.39 is 0 Å². The van der Waals surface area contributed by atoms with Gasteiger partial charge in [-0.3, -0.25) is 0 Å². The molecule has 102 valence electrons. The first-order valence-corrected chi connectivity index (χ1v) is 7.33. The van der Waals surface area contributed by atoms with Crippen LogP contribution in [0.1, 0.15) is 25.7 Å². The number of aromatic amines is 1. The Bertz CT molecular complexity index is 479. The van der Waals surface area contributed by atoms with Gasteiger partial charge in [0.2, 0.25) is 5.95 Å². The fourth-order valence-electron chi connectivity index (χ4n) is 2.73. The van der Waals surface area contributed by atoms with Gasteiger partial charge in [0.1, 0.15) is 0 Å². The molecule has 0 spiro atoms. The molecule has 2 aromatic rings. The number of benzene rings is 1. The SMILES string of the molecule is c1ccc2[nH]c(NCCN3CCCCCC3)nc2c1. The van der Waals surface area contributed by atoms with E-state index in [2.05, 4.69) is 26.3 Å². The molecule has 0 atom stereocenters. The maximum absolute atomic E-state index is 4.53. The lowest BCUT2D eigenvalue weighted by Gasteiger charge is -2.19. The molecule has 0 bridgehead atoms. The number of para-hydroxylation sites is 2. The summed E-state index contributed by atoms with van der Waals surface area (Å²) >= 11 is 0. The highest BCUT2D eigenvalue weighted by molar-refractivity contribution is 5.77. The van der Waals surface area contributed by atoms with Crippen LogP contribution in [0.4, 0.5) is 5.95 Å². The third-order valence-corrected chi connectivity index (χ3v) is 3.81. The molecule has 0 aliphatic carbocycles. The maximum Gasteiger partial charge on any atom is 0.201 e. The summed E-state index contributed by atoms with van der Waals surface area (Å²) in [6.45, 7) is 4.57. The van der Waals surface area contributed by atoms with Gasteiger partial charge in [0.15, 0.2) is 0 Å². The summed E-state index contributed by atoms with van der Waals surface area (Å²) in [5.74, 6) is 0.885. The average molecular weight is 258 g/mol. The highest BCUT2D eigenvalue weighted by atomic mass is 15.2. The van der Waals surface area contributed by atoms with Gasteiger partial charge < -0.3 is 15.2 Å². The molecular formula is C15H22N4. The number of H-pyrrole nitrogens is 1. The van der Waals surface area contributed by atoms with Gasteiger partial charge in [-0.1, -0.05) is 25.0 Å². The topological polar surface area (TPSA) is 44.0 Å². The zero-order valence-electron chi connectivity index (χ0n) is 11.4. The first-order chi connectivity index (χ1) is 9.42. The summed E-state index contributed by atoms with van der Waals surface area (Å²) < 4.78 is 0. The lowest BCUT2D eigenvalue weighted by Crippen LogP contribution is -2.30. The van der Waals surface area contributed by atoms with E-state index in [1.807, 2.05) is 18.2 Å². The van der Waals surface area contributed by atoms with Crippen molar-refractivity contribution in [2.24, 2.45) is 0 Å². The Labute approximate surface area is 114 Å². The molecule has 1 aliphatic rings. The van der Waals surface area contributed by atoms with Gasteiger partial charge in [-0.25, -0.2) is 4.98 Å². The van der Waals surface area contributed by atoms with Crippen LogP contribution in [0, 0.1) is 0 Å². The van der Waals surface area contributed by atoms with E-state index in [9.17, 15) is 0 Å². The molecule has 1 saturated heterocycles. The van der Waals surface area contributed by atoms with Crippen molar-refractivity contribution in [2.75, 3.05) is 31.5 Å². The third kappa shape index (κ3) is 3.26. The number of nitrogens with one attached hydrogen (secondary N) is 2. The maximum atomic E-state index is 4.53. The molecule has 2 N–H and O–H groups in total. The van der Waals surface area contributed by atoms with Crippen LogP contribution in [-0.4, -0.2) is 41.0 Å². The normalized spacial score (nSPS) is 17.5. The van der Waals surface area contributed by atoms with Crippen LogP contribution < -0.4 is 5.32 Å². The molecule has 19 heavy (non-hydrogen) atoms. The van der Waals surface area contributed by atoms with Crippen LogP contribution in [-0.2, 0) is 0 Å². The van der Waals surface area contributed by atoms with Crippen LogP contribution in [0.5, 0.6) is 0 Å². The summed E-state index contributed by atoms with van der Waals surface area (Å²) in [5, 5.41) is 3.39. The average Bonchev–Trinajstić information content (AvgIpc) is 2.66. The summed E-state index contributed by atoms with van der Waals surface area (Å²) in [4.78, 5) is 10.4. The highest BCUT2D eigenvalue weighted by Crippen LogP contribution is 2.13. The minimum atomic E-state index is 0.885. The van der Waals surface area contributed by atoms with Gasteiger partial charge in [0.25, 0.3) is 0 Å². The number of anilines is 1. The fraction of sp³-hybridized carbons (Fsp3) is 0.533. The minimum Gasteiger partial charge on any atom is -0.355 e. The molecule has 1 aromatic carbocycles. The number of fused-ring (bicyclic) bond motifs is 1. The fourth-order valence-corrected chi connectivity index (χ4v) is 2.73. The Balaban J connectivity index is 1.51. The number of hydrogen-bond acceptors (Lipinski definition) is 3. The monoisotopic (exact) mass is 258 g/mol. The Morgan fingerprint density at radius 3 is 2.68 bits per heavy atom. The second kappa shape index (κ2) is 6.06. The minimum absolute atomic E-state index is 0.885. The van der Waals surface area contributed by atoms with Gasteiger partial charge in [-0.15, -0.1) is 0 Å². The van der Waals surface area contributed by atoms with E-state index in [1.165, 1.54) is 38.8 Å². The largest absolute Gasteiger partial charge is 0.355 e. The molecule has 1 aromatic heterocycles. The van der Waals surface area contributed by atoms with Crippen molar-refractivity contribution in [2.45, 2.75) is 25.7 Å². The third-order valence-electron chi connectivity index (χ3n) is 3.81. The molecule has 4 heteroatoms. The molecule has 0 radical (unpaired) electrons. The molecule has 1 fully saturated rings. The quantitative estimate of drug-likeness (QED) is 0.886. The van der Waals surface area contributed by atoms with E-state index in [0.29, 0.717) is 0 Å². The predicted octanol–water partition coefficient (Wildman–Crippen LogP) is 2.85. The summed E-state index contributed by atoms with van der Waals surface area (Å²) in [5.41, 5.74) is 2.12. The first-order valence-electron chi connectivity index (χ1n) is 7.33. The van der Waals surface area contributed by atoms with E-state index in [0.717, 1.165) is 30.1 Å². The Morgan fingerprint density at radius 1 is 1.11 bits per heavy atom. The smallest absolute Gasteiger partial charge is 0.201 e. The van der Waals surface area contributed by atoms with E-state index in [1.54, 1.807) is 0 Å². The molecule has 2 heterocycles. The summed E-state index contributed by atoms with van der Waals surface area (Å²) in [7, 11) is 0. The van der Waals surface area contributed by atoms with Gasteiger partial charge in [0, 0.05) is 13.1 Å². The molecule has 0 amide bonds. The number of likely N-dealkylation sites (tertiary alicyclic amines) is 1. The predicted molar refractivity (Wildman–Crippen MR) is 79.5 cm³/mol. The van der Waals surface area contributed by atoms with Crippen LogP contribution >= 0.6 is 0 Å². The van der Waals surface area contributed by atoms with Crippen molar-refractivity contribution in [3.05, 3.63) is 24.3 Å². The molecule has 3 rings (SSSR count). The molecular weight excluding hydrogens is 236 g/mol. The van der Waals surface area contributed by atoms with Gasteiger partial charge >= 0.3 is 0 Å². The van der Waals surface area contributed by atoms with E-state index >= 15 is 0 Å². The Morgan fingerprint density at radius 2 is 1.89 bits per heavy atom. The molecule has 4 nitrogen and oxygen atoms in total. The van der Waals surface area contributed by atoms with E-state index in [4.69, 9.17) is 0 Å². The zero-order valence-corrected chi connectivity index (χ0v) is 11.4. The Hall–Kier alpha value is -1.55. The highest BCUT2D eigenvalue weighted by Gasteiger charge is 2.08. The van der Waals surface area contributed by atoms with E-state index in [-0.39, 0.29) is 0 Å². The van der Waals surface area contributed by atoms with Gasteiger partial charge in [-0.2, -0.15) is 0 Å². The van der Waals surface area contributed by atoms with Crippen LogP contribution in [0.15, 0.2) is 24.3 Å². The number of nitrogens with zero attached hydrogens (tertiary/aromatic N) is 2. The molecule has 0 saturated carbocycles. The van der Waals surface area contributed by atoms with Gasteiger partial charge in [-0.05, 0) is 38.1 Å². The van der Waals surface area contributed by atoms with Crippen molar-refractivity contribution < 1.29 is 0 Å². The standard InChI is InChI=1S/C15H22N4/c1-2-6-11-19(10-5-1)12-9-16-15-17-13-7-3-4-8-14(13)18-15/h3-4,7-8H,1-2,5-6,9-12H2,(H2,16,17,18). The van der Waals surface area contributed by atoms with Crippen molar-refractivity contribution >= 4 is 17.0 Å². The summed E-state index contributed by atoms with van der Waals surface area (Å²) in [6, 6.07) is 8.14. The molecule has 1 aliphatic heterocycles. The van der Waals surface area contributed by atoms with Gasteiger partial charge in [0.05, 0.1) is 11.0 Å². The number of hydrogen-bond donors (Lipinski definition) is 2. The second-order valence-electron chi connectivity index (χ2n) is 5.29. The zero-order chi connectivity index (χ0) is 12.9. The summed E-state index contributed by atoms with van der Waals surface area (Å²) in [6.07, 6.45) is 5.50. The number of rotatable bonds is 4. The van der Waals surface area contributed by atoms with Crippen LogP contribution in [0.2, 0.25) is 0 Å². The van der Waals surface area contributed by atoms with Crippen molar-refractivity contribution in [1.29, 1.82) is 0 Å². The van der Waals surface area contributed by atoms with Crippen molar-refractivity contribution in [1.82, 2.24) is 14.9 Å². The van der Waals surface area contributed by atoms with Crippen LogP contribution in [0.25, 0.3) is 11.0 Å². The molecule has 0 unspecified atom stereocenters. The lowest BCUT2D eigenvalue weighted by molar-refractivity contribution is 0.296. The van der Waals surface area contributed by atoms with Crippen LogP contribution in [0.3, 0.4) is 0 Å². The lowest BCUT2D eigenvalue weighted by atomic mass is 10.2. The van der Waals surface area contributed by atoms with Crippen molar-refractivity contribution in [3.63, 3.8) is 0 Å². The number of imidazole rings is 1. The van der Waals surface area contributed by atoms with Crippen molar-refractivity contribution in [3.8, 4) is 0 Å². The Kier molecular flexibility index (Phi) is 3.98. The second-order valence-corrected chi connectivity index (χ2v) is 5.29. The number of aromatic nitrogens is 2.